The number of hydrogen-bond acceptors (Lipinski definition) is 4. The molecule has 148 valence electrons. The first kappa shape index (κ1) is 19.3. The number of benzene rings is 2. The fourth-order valence-corrected chi connectivity index (χ4v) is 3.82. The summed E-state index contributed by atoms with van der Waals surface area (Å²) in [4.78, 5) is 13.1. The summed E-state index contributed by atoms with van der Waals surface area (Å²) in [6.07, 6.45) is 2.62. The van der Waals surface area contributed by atoms with Gasteiger partial charge in [-0.15, -0.1) is 0 Å². The van der Waals surface area contributed by atoms with Crippen molar-refractivity contribution < 1.29 is 9.84 Å². The molecule has 2 aromatic carbocycles. The predicted octanol–water partition coefficient (Wildman–Crippen LogP) is 4.89. The highest BCUT2D eigenvalue weighted by atomic mass is 35.5. The summed E-state index contributed by atoms with van der Waals surface area (Å²) in [5.41, 5.74) is 1.34. The summed E-state index contributed by atoms with van der Waals surface area (Å²) in [6, 6.07) is 12.3. The van der Waals surface area contributed by atoms with Gasteiger partial charge in [0.2, 0.25) is 0 Å². The Balaban J connectivity index is 1.88. The number of hydrogen-bond donors (Lipinski definition) is 2. The van der Waals surface area contributed by atoms with Crippen LogP contribution in [0, 0.1) is 6.57 Å². The molecule has 0 saturated heterocycles. The second-order valence-electron chi connectivity index (χ2n) is 7.57. The predicted molar refractivity (Wildman–Crippen MR) is 112 cm³/mol. The lowest BCUT2D eigenvalue weighted by Crippen LogP contribution is -2.53. The Kier molecular flexibility index (Phi) is 4.95. The Hall–Kier alpha value is -3.01. The van der Waals surface area contributed by atoms with Crippen LogP contribution in [0.3, 0.4) is 0 Å². The minimum atomic E-state index is -0.846. The second kappa shape index (κ2) is 7.43. The molecular formula is C22H21ClN4O2. The monoisotopic (exact) mass is 408 g/mol. The first-order valence-corrected chi connectivity index (χ1v) is 9.66. The standard InChI is InChI=1S/C22H21ClN4O2/c1-22(2)21(28)20(17-12-15(24-3)6-9-18(17)29-22)27(13-19-25-10-11-26-19)16-7-4-14(23)5-8-16/h4-12,20-21,28H,13H2,1-2H3,(H,25,26)/t20?,21-/m1/s1. The van der Waals surface area contributed by atoms with Gasteiger partial charge in [0.1, 0.15) is 23.3 Å². The van der Waals surface area contributed by atoms with Gasteiger partial charge in [0.25, 0.3) is 0 Å². The maximum Gasteiger partial charge on any atom is 0.187 e. The van der Waals surface area contributed by atoms with Crippen molar-refractivity contribution in [2.24, 2.45) is 0 Å². The van der Waals surface area contributed by atoms with Crippen molar-refractivity contribution in [1.29, 1.82) is 0 Å². The molecule has 1 unspecified atom stereocenters. The SMILES string of the molecule is [C-]#[N+]c1ccc2c(c1)C(N(Cc1ncc[nH]1)c1ccc(Cl)cc1)[C@@H](O)C(C)(C)O2. The van der Waals surface area contributed by atoms with Crippen LogP contribution in [-0.4, -0.2) is 26.8 Å². The molecule has 29 heavy (non-hydrogen) atoms. The van der Waals surface area contributed by atoms with Gasteiger partial charge in [-0.3, -0.25) is 0 Å². The van der Waals surface area contributed by atoms with Crippen LogP contribution in [0.25, 0.3) is 4.85 Å². The van der Waals surface area contributed by atoms with E-state index in [4.69, 9.17) is 22.9 Å². The highest BCUT2D eigenvalue weighted by molar-refractivity contribution is 6.30. The summed E-state index contributed by atoms with van der Waals surface area (Å²) in [6.45, 7) is 11.6. The number of rotatable bonds is 4. The van der Waals surface area contributed by atoms with E-state index < -0.39 is 17.7 Å². The number of nitrogens with one attached hydrogen (secondary N) is 1. The first-order chi connectivity index (χ1) is 13.9. The van der Waals surface area contributed by atoms with Gasteiger partial charge in [-0.1, -0.05) is 17.7 Å². The molecule has 0 amide bonds. The highest BCUT2D eigenvalue weighted by Gasteiger charge is 2.45. The number of H-pyrrole nitrogens is 1. The Labute approximate surface area is 174 Å². The van der Waals surface area contributed by atoms with Crippen molar-refractivity contribution in [3.8, 4) is 5.75 Å². The van der Waals surface area contributed by atoms with E-state index in [9.17, 15) is 5.11 Å². The topological polar surface area (TPSA) is 65.7 Å². The number of aromatic nitrogens is 2. The van der Waals surface area contributed by atoms with Crippen LogP contribution < -0.4 is 9.64 Å². The number of imidazole rings is 1. The van der Waals surface area contributed by atoms with Crippen molar-refractivity contribution in [3.05, 3.63) is 82.7 Å². The number of aliphatic hydroxyl groups is 1. The van der Waals surface area contributed by atoms with E-state index in [1.54, 1.807) is 30.6 Å². The molecule has 0 radical (unpaired) electrons. The minimum absolute atomic E-state index is 0.439. The summed E-state index contributed by atoms with van der Waals surface area (Å²) in [5, 5.41) is 12.0. The van der Waals surface area contributed by atoms with Crippen molar-refractivity contribution in [3.63, 3.8) is 0 Å². The number of aliphatic hydroxyl groups excluding tert-OH is 1. The van der Waals surface area contributed by atoms with Crippen LogP contribution in [0.4, 0.5) is 11.4 Å². The lowest BCUT2D eigenvalue weighted by atomic mass is 9.85. The van der Waals surface area contributed by atoms with E-state index in [-0.39, 0.29) is 0 Å². The number of ether oxygens (including phenoxy) is 1. The second-order valence-corrected chi connectivity index (χ2v) is 8.01. The fourth-order valence-electron chi connectivity index (χ4n) is 3.69. The molecule has 2 atom stereocenters. The summed E-state index contributed by atoms with van der Waals surface area (Å²) in [7, 11) is 0. The van der Waals surface area contributed by atoms with Crippen LogP contribution in [0.2, 0.25) is 5.02 Å². The molecule has 0 saturated carbocycles. The van der Waals surface area contributed by atoms with Crippen LogP contribution in [0.15, 0.2) is 54.9 Å². The van der Waals surface area contributed by atoms with Gasteiger partial charge >= 0.3 is 0 Å². The molecule has 0 fully saturated rings. The van der Waals surface area contributed by atoms with E-state index in [1.165, 1.54) is 0 Å². The van der Waals surface area contributed by atoms with Gasteiger partial charge < -0.3 is 19.7 Å². The summed E-state index contributed by atoms with van der Waals surface area (Å²) in [5.74, 6) is 1.43. The third-order valence-corrected chi connectivity index (χ3v) is 5.45. The molecule has 6 nitrogen and oxygen atoms in total. The molecule has 0 bridgehead atoms. The number of fused-ring (bicyclic) bond motifs is 1. The highest BCUT2D eigenvalue weighted by Crippen LogP contribution is 2.46. The fraction of sp³-hybridized carbons (Fsp3) is 0.273. The average Bonchev–Trinajstić information content (AvgIpc) is 3.21. The van der Waals surface area contributed by atoms with Crippen LogP contribution >= 0.6 is 11.6 Å². The van der Waals surface area contributed by atoms with Crippen molar-refractivity contribution in [1.82, 2.24) is 9.97 Å². The van der Waals surface area contributed by atoms with Crippen molar-refractivity contribution >= 4 is 23.0 Å². The Morgan fingerprint density at radius 3 is 2.69 bits per heavy atom. The molecule has 0 spiro atoms. The first-order valence-electron chi connectivity index (χ1n) is 9.28. The summed E-state index contributed by atoms with van der Waals surface area (Å²) >= 11 is 6.10. The van der Waals surface area contributed by atoms with Gasteiger partial charge in [0.15, 0.2) is 5.69 Å². The molecular weight excluding hydrogens is 388 g/mol. The zero-order valence-corrected chi connectivity index (χ0v) is 16.9. The molecule has 1 aliphatic rings. The van der Waals surface area contributed by atoms with E-state index in [1.807, 2.05) is 38.1 Å². The molecule has 1 aliphatic heterocycles. The number of halogens is 1. The average molecular weight is 409 g/mol. The van der Waals surface area contributed by atoms with Crippen LogP contribution in [0.5, 0.6) is 5.75 Å². The maximum absolute atomic E-state index is 11.3. The Bertz CT molecular complexity index is 1040. The van der Waals surface area contributed by atoms with E-state index in [2.05, 4.69) is 19.7 Å². The Morgan fingerprint density at radius 1 is 1.28 bits per heavy atom. The number of anilines is 1. The third-order valence-electron chi connectivity index (χ3n) is 5.19. The smallest absolute Gasteiger partial charge is 0.187 e. The number of aromatic amines is 1. The maximum atomic E-state index is 11.3. The van der Waals surface area contributed by atoms with Gasteiger partial charge in [0.05, 0.1) is 19.2 Å². The van der Waals surface area contributed by atoms with Crippen molar-refractivity contribution in [2.45, 2.75) is 38.1 Å². The lowest BCUT2D eigenvalue weighted by Gasteiger charge is -2.47. The van der Waals surface area contributed by atoms with E-state index in [0.29, 0.717) is 23.0 Å². The molecule has 1 aromatic heterocycles. The molecule has 7 heteroatoms. The van der Waals surface area contributed by atoms with Crippen LogP contribution in [-0.2, 0) is 6.54 Å². The minimum Gasteiger partial charge on any atom is -0.485 e. The molecule has 4 rings (SSSR count). The normalized spacial score (nSPS) is 19.7. The Morgan fingerprint density at radius 2 is 2.03 bits per heavy atom. The molecule has 2 heterocycles. The zero-order valence-electron chi connectivity index (χ0n) is 16.1. The van der Waals surface area contributed by atoms with Gasteiger partial charge in [-0.2, -0.15) is 0 Å². The summed E-state index contributed by atoms with van der Waals surface area (Å²) < 4.78 is 6.08. The zero-order chi connectivity index (χ0) is 20.6. The van der Waals surface area contributed by atoms with Crippen LogP contribution in [0.1, 0.15) is 31.3 Å². The van der Waals surface area contributed by atoms with E-state index in [0.717, 1.165) is 17.1 Å². The van der Waals surface area contributed by atoms with Gasteiger partial charge in [0, 0.05) is 28.7 Å². The molecule has 0 aliphatic carbocycles. The van der Waals surface area contributed by atoms with Crippen molar-refractivity contribution in [2.75, 3.05) is 4.90 Å². The quantitative estimate of drug-likeness (QED) is 0.603. The molecule has 3 aromatic rings. The third kappa shape index (κ3) is 3.67. The number of nitrogens with zero attached hydrogens (tertiary/aromatic N) is 3. The van der Waals surface area contributed by atoms with Gasteiger partial charge in [-0.05, 0) is 50.2 Å². The molecule has 2 N–H and O–H groups in total. The lowest BCUT2D eigenvalue weighted by molar-refractivity contribution is -0.0590. The van der Waals surface area contributed by atoms with E-state index >= 15 is 0 Å². The largest absolute Gasteiger partial charge is 0.485 e. The van der Waals surface area contributed by atoms with Gasteiger partial charge in [-0.25, -0.2) is 9.83 Å².